The number of amidine groups is 1. The summed E-state index contributed by atoms with van der Waals surface area (Å²) in [6.45, 7) is 0. The monoisotopic (exact) mass is 405 g/mol. The Bertz CT molecular complexity index is 763. The summed E-state index contributed by atoms with van der Waals surface area (Å²) in [4.78, 5) is 4.47. The number of nitrogens with one attached hydrogen (secondary N) is 1. The van der Waals surface area contributed by atoms with Crippen molar-refractivity contribution in [2.75, 3.05) is 6.26 Å². The van der Waals surface area contributed by atoms with Crippen LogP contribution in [0.2, 0.25) is 0 Å². The molecule has 2 rings (SSSR count). The van der Waals surface area contributed by atoms with Gasteiger partial charge < -0.3 is 5.73 Å². The SMILES string of the molecule is CSc1sc(C(=N)N)cc1S(=O)(=O)C1=CC(Br)C=CN=C1. The van der Waals surface area contributed by atoms with E-state index in [1.807, 2.05) is 0 Å². The van der Waals surface area contributed by atoms with Crippen molar-refractivity contribution in [2.24, 2.45) is 10.7 Å². The van der Waals surface area contributed by atoms with E-state index in [9.17, 15) is 8.42 Å². The highest BCUT2D eigenvalue weighted by Crippen LogP contribution is 2.36. The number of halogens is 1. The lowest BCUT2D eigenvalue weighted by Gasteiger charge is -2.05. The first-order chi connectivity index (χ1) is 9.86. The van der Waals surface area contributed by atoms with Crippen LogP contribution in [-0.4, -0.2) is 31.6 Å². The van der Waals surface area contributed by atoms with Gasteiger partial charge in [-0.1, -0.05) is 15.9 Å². The van der Waals surface area contributed by atoms with Gasteiger partial charge in [0.2, 0.25) is 9.84 Å². The Hall–Kier alpha value is -0.900. The zero-order chi connectivity index (χ0) is 15.6. The van der Waals surface area contributed by atoms with Crippen LogP contribution in [0.4, 0.5) is 0 Å². The number of nitrogens with two attached hydrogens (primary N) is 1. The smallest absolute Gasteiger partial charge is 0.209 e. The second kappa shape index (κ2) is 6.47. The van der Waals surface area contributed by atoms with E-state index in [-0.39, 0.29) is 20.5 Å². The molecule has 0 aromatic carbocycles. The number of thiophene rings is 1. The van der Waals surface area contributed by atoms with Crippen LogP contribution < -0.4 is 5.73 Å². The van der Waals surface area contributed by atoms with Crippen LogP contribution in [0.15, 0.2) is 43.4 Å². The first-order valence-corrected chi connectivity index (χ1v) is 10.1. The molecule has 0 bridgehead atoms. The minimum Gasteiger partial charge on any atom is -0.383 e. The average Bonchev–Trinajstić information content (AvgIpc) is 2.75. The van der Waals surface area contributed by atoms with Gasteiger partial charge in [0.1, 0.15) is 5.84 Å². The molecule has 2 heterocycles. The highest BCUT2D eigenvalue weighted by Gasteiger charge is 2.26. The minimum absolute atomic E-state index is 0.123. The molecular formula is C12H12BrN3O2S3. The maximum Gasteiger partial charge on any atom is 0.209 e. The van der Waals surface area contributed by atoms with Crippen molar-refractivity contribution in [2.45, 2.75) is 13.9 Å². The van der Waals surface area contributed by atoms with E-state index >= 15 is 0 Å². The fourth-order valence-electron chi connectivity index (χ4n) is 1.61. The molecule has 0 saturated carbocycles. The maximum atomic E-state index is 12.8. The number of thioether (sulfide) groups is 1. The number of allylic oxidation sites excluding steroid dienone is 3. The number of sulfone groups is 1. The van der Waals surface area contributed by atoms with E-state index in [1.54, 1.807) is 24.6 Å². The second-order valence-electron chi connectivity index (χ2n) is 4.02. The van der Waals surface area contributed by atoms with Crippen LogP contribution in [0, 0.1) is 5.41 Å². The van der Waals surface area contributed by atoms with Gasteiger partial charge in [0.05, 0.1) is 23.7 Å². The molecule has 5 nitrogen and oxygen atoms in total. The van der Waals surface area contributed by atoms with E-state index < -0.39 is 9.84 Å². The molecular weight excluding hydrogens is 394 g/mol. The summed E-state index contributed by atoms with van der Waals surface area (Å²) in [6.07, 6.45) is 7.98. The van der Waals surface area contributed by atoms with Crippen molar-refractivity contribution >= 4 is 60.9 Å². The zero-order valence-corrected chi connectivity index (χ0v) is 14.9. The topological polar surface area (TPSA) is 96.4 Å². The van der Waals surface area contributed by atoms with Gasteiger partial charge in [0.15, 0.2) is 0 Å². The molecule has 1 atom stereocenters. The molecule has 112 valence electrons. The molecule has 3 N–H and O–H groups in total. The Morgan fingerprint density at radius 2 is 2.29 bits per heavy atom. The molecule has 0 aliphatic carbocycles. The quantitative estimate of drug-likeness (QED) is 0.348. The number of rotatable bonds is 4. The Morgan fingerprint density at radius 1 is 1.57 bits per heavy atom. The number of nitrogen functional groups attached to an aromatic ring is 1. The van der Waals surface area contributed by atoms with E-state index in [0.717, 1.165) is 0 Å². The molecule has 1 aromatic rings. The van der Waals surface area contributed by atoms with E-state index in [4.69, 9.17) is 11.1 Å². The Kier molecular flexibility index (Phi) is 5.07. The molecule has 0 fully saturated rings. The predicted octanol–water partition coefficient (Wildman–Crippen LogP) is 2.77. The van der Waals surface area contributed by atoms with Crippen LogP contribution in [0.5, 0.6) is 0 Å². The lowest BCUT2D eigenvalue weighted by molar-refractivity contribution is 0.602. The zero-order valence-electron chi connectivity index (χ0n) is 10.9. The highest BCUT2D eigenvalue weighted by atomic mass is 79.9. The molecule has 1 aliphatic rings. The van der Waals surface area contributed by atoms with Crippen LogP contribution in [0.25, 0.3) is 0 Å². The summed E-state index contributed by atoms with van der Waals surface area (Å²) in [5, 5.41) is 7.46. The fourth-order valence-corrected chi connectivity index (χ4v) is 6.09. The van der Waals surface area contributed by atoms with E-state index in [2.05, 4.69) is 20.9 Å². The van der Waals surface area contributed by atoms with Crippen LogP contribution in [-0.2, 0) is 9.84 Å². The third kappa shape index (κ3) is 3.47. The fraction of sp³-hybridized carbons (Fsp3) is 0.167. The van der Waals surface area contributed by atoms with Gasteiger partial charge in [0.25, 0.3) is 0 Å². The number of nitrogens with zero attached hydrogens (tertiary/aromatic N) is 1. The van der Waals surface area contributed by atoms with Gasteiger partial charge in [0, 0.05) is 12.4 Å². The Morgan fingerprint density at radius 3 is 2.90 bits per heavy atom. The minimum atomic E-state index is -3.69. The van der Waals surface area contributed by atoms with E-state index in [0.29, 0.717) is 9.09 Å². The normalized spacial score (nSPS) is 18.4. The third-order valence-corrected chi connectivity index (χ3v) is 7.49. The Balaban J connectivity index is 2.56. The summed E-state index contributed by atoms with van der Waals surface area (Å²) in [7, 11) is -3.69. The standard InChI is InChI=1S/C12H12BrN3O2S3/c1-19-12-10(5-9(20-12)11(14)15)21(17,18)8-4-7(13)2-3-16-6-8/h2-7H,1H3,(H3,14,15). The lowest BCUT2D eigenvalue weighted by Crippen LogP contribution is -2.10. The summed E-state index contributed by atoms with van der Waals surface area (Å²) >= 11 is 5.86. The third-order valence-electron chi connectivity index (χ3n) is 2.60. The number of hydrogen-bond donors (Lipinski definition) is 2. The number of aliphatic imine (C=N–C) groups is 1. The van der Waals surface area contributed by atoms with Crippen LogP contribution in [0.3, 0.4) is 0 Å². The van der Waals surface area contributed by atoms with Crippen molar-refractivity contribution < 1.29 is 8.42 Å². The first-order valence-electron chi connectivity index (χ1n) is 5.69. The Labute approximate surface area is 139 Å². The molecule has 0 saturated heterocycles. The summed E-state index contributed by atoms with van der Waals surface area (Å²) < 4.78 is 26.2. The molecule has 1 aliphatic heterocycles. The molecule has 9 heteroatoms. The van der Waals surface area contributed by atoms with Gasteiger partial charge in [-0.25, -0.2) is 8.42 Å². The van der Waals surface area contributed by atoms with Gasteiger partial charge in [-0.05, 0) is 24.5 Å². The molecule has 1 aromatic heterocycles. The average molecular weight is 406 g/mol. The van der Waals surface area contributed by atoms with Crippen molar-refractivity contribution in [1.82, 2.24) is 0 Å². The van der Waals surface area contributed by atoms with Gasteiger partial charge in [-0.2, -0.15) is 0 Å². The van der Waals surface area contributed by atoms with Crippen LogP contribution >= 0.6 is 39.0 Å². The highest BCUT2D eigenvalue weighted by molar-refractivity contribution is 9.09. The molecule has 1 unspecified atom stereocenters. The predicted molar refractivity (Wildman–Crippen MR) is 92.7 cm³/mol. The van der Waals surface area contributed by atoms with Crippen molar-refractivity contribution in [3.63, 3.8) is 0 Å². The van der Waals surface area contributed by atoms with Crippen molar-refractivity contribution in [3.05, 3.63) is 34.2 Å². The van der Waals surface area contributed by atoms with Gasteiger partial charge >= 0.3 is 0 Å². The first kappa shape index (κ1) is 16.5. The number of hydrogen-bond acceptors (Lipinski definition) is 6. The summed E-state index contributed by atoms with van der Waals surface area (Å²) in [6, 6.07) is 1.45. The maximum absolute atomic E-state index is 12.8. The molecule has 0 spiro atoms. The summed E-state index contributed by atoms with van der Waals surface area (Å²) in [5.41, 5.74) is 5.45. The number of alkyl halides is 1. The summed E-state index contributed by atoms with van der Waals surface area (Å²) in [5.74, 6) is -0.139. The molecule has 0 amide bonds. The van der Waals surface area contributed by atoms with Gasteiger partial charge in [-0.15, -0.1) is 23.1 Å². The van der Waals surface area contributed by atoms with E-state index in [1.165, 1.54) is 35.4 Å². The molecule has 0 radical (unpaired) electrons. The lowest BCUT2D eigenvalue weighted by atomic mass is 10.4. The largest absolute Gasteiger partial charge is 0.383 e. The van der Waals surface area contributed by atoms with Crippen molar-refractivity contribution in [1.29, 1.82) is 5.41 Å². The molecule has 21 heavy (non-hydrogen) atoms. The van der Waals surface area contributed by atoms with Crippen LogP contribution in [0.1, 0.15) is 4.88 Å². The van der Waals surface area contributed by atoms with Gasteiger partial charge in [-0.3, -0.25) is 10.4 Å². The van der Waals surface area contributed by atoms with Crippen molar-refractivity contribution in [3.8, 4) is 0 Å². The second-order valence-corrected chi connectivity index (χ2v) is 9.12.